The van der Waals surface area contributed by atoms with Crippen molar-refractivity contribution in [2.24, 2.45) is 11.8 Å². The van der Waals surface area contributed by atoms with E-state index in [2.05, 4.69) is 23.5 Å². The summed E-state index contributed by atoms with van der Waals surface area (Å²) in [6.07, 6.45) is 10.1. The van der Waals surface area contributed by atoms with Crippen LogP contribution in [0.2, 0.25) is 0 Å². The third-order valence-electron chi connectivity index (χ3n) is 4.99. The van der Waals surface area contributed by atoms with Crippen LogP contribution in [0.15, 0.2) is 0 Å². The smallest absolute Gasteiger partial charge is 0.305 e. The van der Waals surface area contributed by atoms with Gasteiger partial charge in [0.2, 0.25) is 0 Å². The molecule has 0 bridgehead atoms. The quantitative estimate of drug-likeness (QED) is 0.347. The fraction of sp³-hybridized carbons (Fsp3) is 0.810. The minimum Gasteiger partial charge on any atom is -0.469 e. The van der Waals surface area contributed by atoms with E-state index in [0.717, 1.165) is 64.2 Å². The van der Waals surface area contributed by atoms with Crippen molar-refractivity contribution in [2.45, 2.75) is 90.1 Å². The molecule has 25 heavy (non-hydrogen) atoms. The van der Waals surface area contributed by atoms with Crippen molar-refractivity contribution in [3.8, 4) is 11.8 Å². The number of hydrogen-bond donors (Lipinski definition) is 1. The summed E-state index contributed by atoms with van der Waals surface area (Å²) in [4.78, 5) is 23.1. The van der Waals surface area contributed by atoms with Crippen LogP contribution in [0, 0.1) is 23.7 Å². The predicted octanol–water partition coefficient (Wildman–Crippen LogP) is 4.04. The molecule has 0 spiro atoms. The average Bonchev–Trinajstić information content (AvgIpc) is 2.96. The number of hydrogen-bond acceptors (Lipinski definition) is 4. The molecule has 0 amide bonds. The maximum Gasteiger partial charge on any atom is 0.305 e. The highest BCUT2D eigenvalue weighted by Crippen LogP contribution is 2.32. The largest absolute Gasteiger partial charge is 0.469 e. The van der Waals surface area contributed by atoms with Gasteiger partial charge in [0.05, 0.1) is 7.11 Å². The van der Waals surface area contributed by atoms with E-state index in [1.54, 1.807) is 0 Å². The van der Waals surface area contributed by atoms with Crippen LogP contribution < -0.4 is 0 Å². The number of esters is 1. The molecule has 3 atom stereocenters. The van der Waals surface area contributed by atoms with Crippen LogP contribution in [0.3, 0.4) is 0 Å². The lowest BCUT2D eigenvalue weighted by molar-refractivity contribution is -0.140. The summed E-state index contributed by atoms with van der Waals surface area (Å²) < 4.78 is 4.62. The molecule has 1 rings (SSSR count). The van der Waals surface area contributed by atoms with E-state index in [9.17, 15) is 14.7 Å². The molecule has 0 heterocycles. The molecule has 0 aromatic carbocycles. The van der Waals surface area contributed by atoms with Crippen LogP contribution in [0.5, 0.6) is 0 Å². The molecule has 1 aliphatic rings. The van der Waals surface area contributed by atoms with Crippen molar-refractivity contribution >= 4 is 11.8 Å². The van der Waals surface area contributed by atoms with E-state index in [-0.39, 0.29) is 17.8 Å². The Morgan fingerprint density at radius 1 is 1.24 bits per heavy atom. The predicted molar refractivity (Wildman–Crippen MR) is 98.9 cm³/mol. The standard InChI is InChI=1S/C21H34O4/c1-3-4-7-10-18(22)15-13-17-14-16-20(23)19(17)11-8-5-6-9-12-21(24)25-2/h17-19,22H,3-12,14,16H2,1-2H3. The maximum absolute atomic E-state index is 12.1. The minimum absolute atomic E-state index is 0.0379. The van der Waals surface area contributed by atoms with Gasteiger partial charge >= 0.3 is 5.97 Å². The molecule has 1 fully saturated rings. The number of ether oxygens (including phenoxy) is 1. The van der Waals surface area contributed by atoms with E-state index in [0.29, 0.717) is 18.6 Å². The first-order valence-electron chi connectivity index (χ1n) is 9.87. The third-order valence-corrected chi connectivity index (χ3v) is 4.99. The molecule has 0 aliphatic heterocycles. The molecule has 4 heteroatoms. The van der Waals surface area contributed by atoms with Crippen molar-refractivity contribution in [3.63, 3.8) is 0 Å². The average molecular weight is 350 g/mol. The Balaban J connectivity index is 2.29. The molecule has 1 aliphatic carbocycles. The van der Waals surface area contributed by atoms with Gasteiger partial charge in [0, 0.05) is 24.7 Å². The van der Waals surface area contributed by atoms with Crippen molar-refractivity contribution < 1.29 is 19.4 Å². The Morgan fingerprint density at radius 3 is 2.72 bits per heavy atom. The zero-order valence-electron chi connectivity index (χ0n) is 15.9. The third kappa shape index (κ3) is 9.07. The highest BCUT2D eigenvalue weighted by Gasteiger charge is 2.32. The van der Waals surface area contributed by atoms with Crippen LogP contribution in [0.1, 0.15) is 84.0 Å². The van der Waals surface area contributed by atoms with Gasteiger partial charge in [-0.05, 0) is 32.1 Å². The molecule has 0 saturated heterocycles. The molecule has 1 saturated carbocycles. The van der Waals surface area contributed by atoms with Crippen LogP contribution in [-0.4, -0.2) is 30.1 Å². The zero-order chi connectivity index (χ0) is 18.5. The Labute approximate surface area is 152 Å². The van der Waals surface area contributed by atoms with Crippen LogP contribution in [0.4, 0.5) is 0 Å². The van der Waals surface area contributed by atoms with Gasteiger partial charge in [0.25, 0.3) is 0 Å². The number of rotatable bonds is 11. The maximum atomic E-state index is 12.1. The molecule has 142 valence electrons. The second kappa shape index (κ2) is 12.9. The summed E-state index contributed by atoms with van der Waals surface area (Å²) in [6.45, 7) is 2.14. The lowest BCUT2D eigenvalue weighted by Crippen LogP contribution is -2.14. The number of ketones is 1. The molecule has 1 N–H and O–H groups in total. The molecule has 3 unspecified atom stereocenters. The Morgan fingerprint density at radius 2 is 2.00 bits per heavy atom. The van der Waals surface area contributed by atoms with Crippen LogP contribution in [0.25, 0.3) is 0 Å². The minimum atomic E-state index is -0.554. The van der Waals surface area contributed by atoms with Gasteiger partial charge in [-0.15, -0.1) is 0 Å². The molecule has 0 aromatic heterocycles. The topological polar surface area (TPSA) is 63.6 Å². The highest BCUT2D eigenvalue weighted by molar-refractivity contribution is 5.84. The number of unbranched alkanes of at least 4 members (excludes halogenated alkanes) is 5. The van der Waals surface area contributed by atoms with Gasteiger partial charge in [-0.1, -0.05) is 50.9 Å². The van der Waals surface area contributed by atoms with E-state index in [4.69, 9.17) is 0 Å². The first-order chi connectivity index (χ1) is 12.1. The Hall–Kier alpha value is -1.34. The van der Waals surface area contributed by atoms with E-state index in [1.165, 1.54) is 7.11 Å². The van der Waals surface area contributed by atoms with Gasteiger partial charge in [-0.3, -0.25) is 9.59 Å². The van der Waals surface area contributed by atoms with Crippen molar-refractivity contribution in [1.82, 2.24) is 0 Å². The molecule has 0 radical (unpaired) electrons. The summed E-state index contributed by atoms with van der Waals surface area (Å²) in [5.41, 5.74) is 0. The van der Waals surface area contributed by atoms with Gasteiger partial charge in [0.1, 0.15) is 11.9 Å². The number of Topliss-reactive ketones (excluding diaryl/α,β-unsaturated/α-hetero) is 1. The number of aliphatic hydroxyl groups is 1. The lowest BCUT2D eigenvalue weighted by Gasteiger charge is -2.13. The highest BCUT2D eigenvalue weighted by atomic mass is 16.5. The second-order valence-corrected chi connectivity index (χ2v) is 7.05. The summed E-state index contributed by atoms with van der Waals surface area (Å²) in [5, 5.41) is 9.93. The fourth-order valence-electron chi connectivity index (χ4n) is 3.40. The molecule has 4 nitrogen and oxygen atoms in total. The second-order valence-electron chi connectivity index (χ2n) is 7.05. The molecular formula is C21H34O4. The van der Waals surface area contributed by atoms with Crippen molar-refractivity contribution in [3.05, 3.63) is 0 Å². The lowest BCUT2D eigenvalue weighted by atomic mass is 9.90. The Bertz CT molecular complexity index is 460. The normalized spacial score (nSPS) is 20.8. The van der Waals surface area contributed by atoms with E-state index < -0.39 is 6.10 Å². The number of carbonyl (C=O) groups excluding carboxylic acids is 2. The summed E-state index contributed by atoms with van der Waals surface area (Å²) >= 11 is 0. The van der Waals surface area contributed by atoms with Crippen LogP contribution in [-0.2, 0) is 14.3 Å². The number of methoxy groups -OCH3 is 1. The van der Waals surface area contributed by atoms with Gasteiger partial charge < -0.3 is 9.84 Å². The Kier molecular flexibility index (Phi) is 11.2. The van der Waals surface area contributed by atoms with Gasteiger partial charge in [-0.25, -0.2) is 0 Å². The number of aliphatic hydroxyl groups excluding tert-OH is 1. The molecule has 0 aromatic rings. The number of carbonyl (C=O) groups is 2. The monoisotopic (exact) mass is 350 g/mol. The first-order valence-corrected chi connectivity index (χ1v) is 9.87. The van der Waals surface area contributed by atoms with Crippen LogP contribution >= 0.6 is 0 Å². The fourth-order valence-corrected chi connectivity index (χ4v) is 3.40. The first kappa shape index (κ1) is 21.7. The summed E-state index contributed by atoms with van der Waals surface area (Å²) in [5.74, 6) is 6.47. The SMILES string of the molecule is CCCCCC(O)C#CC1CCC(=O)C1CCCCCCC(=O)OC. The van der Waals surface area contributed by atoms with E-state index >= 15 is 0 Å². The molecular weight excluding hydrogens is 316 g/mol. The zero-order valence-corrected chi connectivity index (χ0v) is 15.9. The van der Waals surface area contributed by atoms with Gasteiger partial charge in [0.15, 0.2) is 0 Å². The summed E-state index contributed by atoms with van der Waals surface area (Å²) in [7, 11) is 1.41. The van der Waals surface area contributed by atoms with Crippen molar-refractivity contribution in [2.75, 3.05) is 7.11 Å². The van der Waals surface area contributed by atoms with Gasteiger partial charge in [-0.2, -0.15) is 0 Å². The summed E-state index contributed by atoms with van der Waals surface area (Å²) in [6, 6.07) is 0. The van der Waals surface area contributed by atoms with E-state index in [1.807, 2.05) is 0 Å². The van der Waals surface area contributed by atoms with Crippen molar-refractivity contribution in [1.29, 1.82) is 0 Å².